The average molecular weight is 358 g/mol. The number of rotatable bonds is 4. The summed E-state index contributed by atoms with van der Waals surface area (Å²) < 4.78 is 15.1. The lowest BCUT2D eigenvalue weighted by atomic mass is 10.1. The van der Waals surface area contributed by atoms with Gasteiger partial charge in [-0.2, -0.15) is 0 Å². The van der Waals surface area contributed by atoms with Crippen LogP contribution in [0.4, 0.5) is 10.1 Å². The lowest BCUT2D eigenvalue weighted by Crippen LogP contribution is -2.18. The zero-order valence-corrected chi connectivity index (χ0v) is 13.1. The van der Waals surface area contributed by atoms with Crippen molar-refractivity contribution >= 4 is 38.8 Å². The van der Waals surface area contributed by atoms with E-state index in [2.05, 4.69) is 21.1 Å². The van der Waals surface area contributed by atoms with Crippen molar-refractivity contribution in [3.8, 4) is 0 Å². The van der Waals surface area contributed by atoms with Crippen LogP contribution in [0.25, 0.3) is 0 Å². The minimum atomic E-state index is -0.411. The van der Waals surface area contributed by atoms with E-state index in [1.165, 1.54) is 6.07 Å². The fourth-order valence-corrected chi connectivity index (χ4v) is 3.02. The third kappa shape index (κ3) is 3.29. The molecule has 0 spiro atoms. The Hall–Kier alpha value is -1.60. The highest BCUT2D eigenvalue weighted by Crippen LogP contribution is 2.25. The lowest BCUT2D eigenvalue weighted by Gasteiger charge is -2.19. The molecule has 4 nitrogen and oxygen atoms in total. The van der Waals surface area contributed by atoms with Gasteiger partial charge in [-0.15, -0.1) is 11.3 Å². The molecule has 0 aliphatic heterocycles. The zero-order valence-electron chi connectivity index (χ0n) is 10.7. The fourth-order valence-electron chi connectivity index (χ4n) is 1.82. The Kier molecular flexibility index (Phi) is 4.61. The minimum Gasteiger partial charge on any atom is -0.409 e. The maximum absolute atomic E-state index is 14.1. The highest BCUT2D eigenvalue weighted by atomic mass is 79.9. The summed E-state index contributed by atoms with van der Waals surface area (Å²) in [4.78, 5) is 1.81. The molecule has 0 saturated heterocycles. The molecule has 0 aliphatic rings. The molecule has 2 rings (SSSR count). The van der Waals surface area contributed by atoms with Crippen LogP contribution >= 0.6 is 27.3 Å². The summed E-state index contributed by atoms with van der Waals surface area (Å²) in [5.74, 6) is -0.522. The van der Waals surface area contributed by atoms with Crippen LogP contribution in [-0.2, 0) is 6.54 Å². The smallest absolute Gasteiger partial charge is 0.170 e. The number of amidine groups is 1. The molecule has 0 fully saturated rings. The number of halogens is 2. The summed E-state index contributed by atoms with van der Waals surface area (Å²) in [6, 6.07) is 6.49. The molecule has 0 bridgehead atoms. The standard InChI is InChI=1S/C13H13BrFN3OS/c1-18(6-8-4-12(14)20-7-8)11-3-2-9(5-10(11)15)13(16)17-19/h2-5,7,19H,6H2,1H3,(H2,16,17). The SMILES string of the molecule is CN(Cc1csc(Br)c1)c1ccc(C(N)=NO)cc1F. The molecule has 106 valence electrons. The first-order chi connectivity index (χ1) is 9.51. The van der Waals surface area contributed by atoms with E-state index in [9.17, 15) is 4.39 Å². The van der Waals surface area contributed by atoms with Gasteiger partial charge in [-0.25, -0.2) is 4.39 Å². The molecule has 7 heteroatoms. The van der Waals surface area contributed by atoms with Gasteiger partial charge in [-0.05, 0) is 51.1 Å². The molecule has 3 N–H and O–H groups in total. The average Bonchev–Trinajstić information content (AvgIpc) is 2.82. The van der Waals surface area contributed by atoms with Crippen molar-refractivity contribution in [1.29, 1.82) is 0 Å². The van der Waals surface area contributed by atoms with Crippen LogP contribution in [0.5, 0.6) is 0 Å². The predicted octanol–water partition coefficient (Wildman–Crippen LogP) is 3.38. The van der Waals surface area contributed by atoms with E-state index in [0.29, 0.717) is 17.8 Å². The molecule has 0 amide bonds. The molecule has 0 atom stereocenters. The van der Waals surface area contributed by atoms with Gasteiger partial charge in [0, 0.05) is 19.2 Å². The fraction of sp³-hybridized carbons (Fsp3) is 0.154. The number of thiophene rings is 1. The van der Waals surface area contributed by atoms with Crippen LogP contribution in [0.15, 0.2) is 38.6 Å². The van der Waals surface area contributed by atoms with Crippen LogP contribution < -0.4 is 10.6 Å². The van der Waals surface area contributed by atoms with Gasteiger partial charge in [0.1, 0.15) is 5.82 Å². The Balaban J connectivity index is 2.20. The van der Waals surface area contributed by atoms with Crippen LogP contribution in [-0.4, -0.2) is 18.1 Å². The first kappa shape index (κ1) is 14.8. The number of anilines is 1. The first-order valence-electron chi connectivity index (χ1n) is 5.72. The van der Waals surface area contributed by atoms with E-state index >= 15 is 0 Å². The van der Waals surface area contributed by atoms with Gasteiger partial charge in [0.05, 0.1) is 9.47 Å². The Morgan fingerprint density at radius 2 is 2.25 bits per heavy atom. The Labute approximate surface area is 128 Å². The number of hydrogen-bond acceptors (Lipinski definition) is 4. The van der Waals surface area contributed by atoms with Crippen molar-refractivity contribution in [1.82, 2.24) is 0 Å². The van der Waals surface area contributed by atoms with Gasteiger partial charge in [-0.3, -0.25) is 0 Å². The summed E-state index contributed by atoms with van der Waals surface area (Å²) in [6.45, 7) is 0.599. The van der Waals surface area contributed by atoms with E-state index in [1.54, 1.807) is 28.4 Å². The normalized spacial score (nSPS) is 11.7. The summed E-state index contributed by atoms with van der Waals surface area (Å²) in [5, 5.41) is 13.5. The second kappa shape index (κ2) is 6.23. The molecule has 2 aromatic rings. The molecule has 1 aromatic heterocycles. The van der Waals surface area contributed by atoms with Gasteiger partial charge >= 0.3 is 0 Å². The van der Waals surface area contributed by atoms with E-state index in [4.69, 9.17) is 10.9 Å². The topological polar surface area (TPSA) is 61.8 Å². The summed E-state index contributed by atoms with van der Waals surface area (Å²) >= 11 is 4.99. The van der Waals surface area contributed by atoms with E-state index in [-0.39, 0.29) is 5.84 Å². The van der Waals surface area contributed by atoms with Crippen molar-refractivity contribution < 1.29 is 9.60 Å². The second-order valence-corrected chi connectivity index (χ2v) is 6.56. The Morgan fingerprint density at radius 1 is 1.50 bits per heavy atom. The highest BCUT2D eigenvalue weighted by molar-refractivity contribution is 9.11. The van der Waals surface area contributed by atoms with Crippen LogP contribution in [0.2, 0.25) is 0 Å². The molecule has 20 heavy (non-hydrogen) atoms. The third-order valence-electron chi connectivity index (χ3n) is 2.80. The zero-order chi connectivity index (χ0) is 14.7. The summed E-state index contributed by atoms with van der Waals surface area (Å²) in [7, 11) is 1.81. The Morgan fingerprint density at radius 3 is 2.80 bits per heavy atom. The molecule has 0 aliphatic carbocycles. The van der Waals surface area contributed by atoms with Gasteiger partial charge in [-0.1, -0.05) is 5.16 Å². The number of benzene rings is 1. The van der Waals surface area contributed by atoms with Crippen molar-refractivity contribution in [3.63, 3.8) is 0 Å². The highest BCUT2D eigenvalue weighted by Gasteiger charge is 2.11. The molecule has 1 aromatic carbocycles. The number of oxime groups is 1. The van der Waals surface area contributed by atoms with E-state index in [0.717, 1.165) is 9.35 Å². The Bertz CT molecular complexity index is 644. The molecule has 0 radical (unpaired) electrons. The second-order valence-electron chi connectivity index (χ2n) is 4.27. The molecule has 1 heterocycles. The molecular weight excluding hydrogens is 345 g/mol. The van der Waals surface area contributed by atoms with E-state index < -0.39 is 5.82 Å². The van der Waals surface area contributed by atoms with Crippen LogP contribution in [0.3, 0.4) is 0 Å². The molecular formula is C13H13BrFN3OS. The maximum atomic E-state index is 14.1. The van der Waals surface area contributed by atoms with Gasteiger partial charge in [0.15, 0.2) is 5.84 Å². The van der Waals surface area contributed by atoms with Crippen molar-refractivity contribution in [2.75, 3.05) is 11.9 Å². The molecule has 0 unspecified atom stereocenters. The van der Waals surface area contributed by atoms with Crippen molar-refractivity contribution in [2.45, 2.75) is 6.54 Å². The third-order valence-corrected chi connectivity index (χ3v) is 4.36. The predicted molar refractivity (Wildman–Crippen MR) is 83.0 cm³/mol. The number of nitrogens with two attached hydrogens (primary N) is 1. The van der Waals surface area contributed by atoms with Crippen LogP contribution in [0.1, 0.15) is 11.1 Å². The minimum absolute atomic E-state index is 0.111. The number of hydrogen-bond donors (Lipinski definition) is 2. The largest absolute Gasteiger partial charge is 0.409 e. The number of nitrogens with zero attached hydrogens (tertiary/aromatic N) is 2. The summed E-state index contributed by atoms with van der Waals surface area (Å²) in [6.07, 6.45) is 0. The van der Waals surface area contributed by atoms with Crippen LogP contribution in [0, 0.1) is 5.82 Å². The lowest BCUT2D eigenvalue weighted by molar-refractivity contribution is 0.318. The maximum Gasteiger partial charge on any atom is 0.170 e. The summed E-state index contributed by atoms with van der Waals surface area (Å²) in [5.41, 5.74) is 7.34. The van der Waals surface area contributed by atoms with Crippen molar-refractivity contribution in [3.05, 3.63) is 50.4 Å². The molecule has 0 saturated carbocycles. The van der Waals surface area contributed by atoms with E-state index in [1.807, 2.05) is 18.5 Å². The first-order valence-corrected chi connectivity index (χ1v) is 7.40. The quantitative estimate of drug-likeness (QED) is 0.381. The van der Waals surface area contributed by atoms with Gasteiger partial charge < -0.3 is 15.8 Å². The van der Waals surface area contributed by atoms with Crippen molar-refractivity contribution in [2.24, 2.45) is 10.9 Å². The van der Waals surface area contributed by atoms with Gasteiger partial charge in [0.2, 0.25) is 0 Å². The monoisotopic (exact) mass is 357 g/mol. The van der Waals surface area contributed by atoms with Gasteiger partial charge in [0.25, 0.3) is 0 Å².